The second-order valence-corrected chi connectivity index (χ2v) is 7.63. The molecule has 0 aliphatic rings. The van der Waals surface area contributed by atoms with Gasteiger partial charge in [-0.05, 0) is 22.3 Å². The largest absolute Gasteiger partial charge is 0.454 e. The zero-order valence-electron chi connectivity index (χ0n) is 18.3. The Hall–Kier alpha value is -3.42. The van der Waals surface area contributed by atoms with E-state index in [2.05, 4.69) is 10.6 Å². The van der Waals surface area contributed by atoms with Crippen LogP contribution in [0.1, 0.15) is 19.4 Å². The van der Waals surface area contributed by atoms with E-state index in [-0.39, 0.29) is 30.7 Å². The molecule has 2 aromatic rings. The van der Waals surface area contributed by atoms with Gasteiger partial charge in [0.1, 0.15) is 6.04 Å². The van der Waals surface area contributed by atoms with Gasteiger partial charge < -0.3 is 20.3 Å². The van der Waals surface area contributed by atoms with Crippen molar-refractivity contribution in [1.82, 2.24) is 15.5 Å². The van der Waals surface area contributed by atoms with Crippen molar-refractivity contribution in [3.8, 4) is 0 Å². The highest BCUT2D eigenvalue weighted by molar-refractivity contribution is 5.92. The van der Waals surface area contributed by atoms with Crippen LogP contribution < -0.4 is 10.6 Å². The van der Waals surface area contributed by atoms with Crippen molar-refractivity contribution in [2.75, 3.05) is 27.2 Å². The standard InChI is InChI=1S/C23H29N3O5/c1-15(2)22(23(30)31-14-21(29)26(4)13-20(28)24-3)25-19(27)12-17-10-7-9-16-8-5-6-11-18(16)17/h5-11,15,22H,12-14H2,1-4H3,(H,24,28)(H,25,27)/t22-/m0/s1. The fourth-order valence-electron chi connectivity index (χ4n) is 3.06. The van der Waals surface area contributed by atoms with Crippen molar-refractivity contribution in [2.45, 2.75) is 26.3 Å². The SMILES string of the molecule is CNC(=O)CN(C)C(=O)COC(=O)[C@@H](NC(=O)Cc1cccc2ccccc12)C(C)C. The Bertz CT molecular complexity index is 952. The van der Waals surface area contributed by atoms with Crippen LogP contribution in [0.4, 0.5) is 0 Å². The van der Waals surface area contributed by atoms with E-state index in [0.717, 1.165) is 21.2 Å². The van der Waals surface area contributed by atoms with Crippen molar-refractivity contribution in [3.05, 3.63) is 48.0 Å². The summed E-state index contributed by atoms with van der Waals surface area (Å²) in [6, 6.07) is 12.6. The molecule has 8 nitrogen and oxygen atoms in total. The number of carbonyl (C=O) groups is 4. The van der Waals surface area contributed by atoms with E-state index in [1.54, 1.807) is 13.8 Å². The van der Waals surface area contributed by atoms with Gasteiger partial charge in [-0.15, -0.1) is 0 Å². The minimum atomic E-state index is -0.889. The van der Waals surface area contributed by atoms with Gasteiger partial charge in [-0.1, -0.05) is 56.3 Å². The van der Waals surface area contributed by atoms with Gasteiger partial charge in [-0.2, -0.15) is 0 Å². The van der Waals surface area contributed by atoms with Gasteiger partial charge in [0.15, 0.2) is 6.61 Å². The number of hydrogen-bond acceptors (Lipinski definition) is 5. The minimum Gasteiger partial charge on any atom is -0.454 e. The van der Waals surface area contributed by atoms with Gasteiger partial charge in [0.05, 0.1) is 13.0 Å². The van der Waals surface area contributed by atoms with Crippen LogP contribution in [0.25, 0.3) is 10.8 Å². The molecule has 0 saturated carbocycles. The van der Waals surface area contributed by atoms with E-state index in [0.29, 0.717) is 0 Å². The summed E-state index contributed by atoms with van der Waals surface area (Å²) in [5, 5.41) is 7.15. The number of ether oxygens (including phenoxy) is 1. The zero-order chi connectivity index (χ0) is 23.0. The molecule has 0 unspecified atom stereocenters. The summed E-state index contributed by atoms with van der Waals surface area (Å²) in [5.41, 5.74) is 0.859. The number of carbonyl (C=O) groups excluding carboxylic acids is 4. The Labute approximate surface area is 181 Å². The molecular weight excluding hydrogens is 398 g/mol. The molecule has 2 aromatic carbocycles. The number of rotatable bonds is 9. The molecule has 31 heavy (non-hydrogen) atoms. The molecule has 0 radical (unpaired) electrons. The molecule has 8 heteroatoms. The first-order valence-corrected chi connectivity index (χ1v) is 10.1. The van der Waals surface area contributed by atoms with Crippen LogP contribution in [-0.4, -0.2) is 61.9 Å². The lowest BCUT2D eigenvalue weighted by Gasteiger charge is -2.22. The third kappa shape index (κ3) is 6.80. The first-order chi connectivity index (χ1) is 14.7. The number of esters is 1. The number of nitrogens with one attached hydrogen (secondary N) is 2. The topological polar surface area (TPSA) is 105 Å². The summed E-state index contributed by atoms with van der Waals surface area (Å²) in [6.45, 7) is 2.92. The Morgan fingerprint density at radius 2 is 1.68 bits per heavy atom. The van der Waals surface area contributed by atoms with Crippen LogP contribution in [0, 0.1) is 5.92 Å². The van der Waals surface area contributed by atoms with E-state index in [1.807, 2.05) is 42.5 Å². The number of likely N-dealkylation sites (N-methyl/N-ethyl adjacent to an activating group) is 2. The Balaban J connectivity index is 1.97. The summed E-state index contributed by atoms with van der Waals surface area (Å²) in [6.07, 6.45) is 0.117. The first kappa shape index (κ1) is 23.9. The number of amides is 3. The molecule has 0 aliphatic heterocycles. The number of benzene rings is 2. The predicted octanol–water partition coefficient (Wildman–Crippen LogP) is 1.27. The number of nitrogens with zero attached hydrogens (tertiary/aromatic N) is 1. The molecule has 0 heterocycles. The lowest BCUT2D eigenvalue weighted by molar-refractivity contribution is -0.155. The van der Waals surface area contributed by atoms with Crippen molar-refractivity contribution in [1.29, 1.82) is 0 Å². The van der Waals surface area contributed by atoms with E-state index in [4.69, 9.17) is 4.74 Å². The molecule has 0 aromatic heterocycles. The van der Waals surface area contributed by atoms with E-state index in [1.165, 1.54) is 14.1 Å². The summed E-state index contributed by atoms with van der Waals surface area (Å²) < 4.78 is 5.11. The monoisotopic (exact) mass is 427 g/mol. The predicted molar refractivity (Wildman–Crippen MR) is 117 cm³/mol. The van der Waals surface area contributed by atoms with E-state index in [9.17, 15) is 19.2 Å². The average molecular weight is 428 g/mol. The van der Waals surface area contributed by atoms with Crippen LogP contribution >= 0.6 is 0 Å². The lowest BCUT2D eigenvalue weighted by atomic mass is 10.0. The second-order valence-electron chi connectivity index (χ2n) is 7.63. The smallest absolute Gasteiger partial charge is 0.329 e. The van der Waals surface area contributed by atoms with Crippen molar-refractivity contribution < 1.29 is 23.9 Å². The lowest BCUT2D eigenvalue weighted by Crippen LogP contribution is -2.47. The van der Waals surface area contributed by atoms with Crippen molar-refractivity contribution >= 4 is 34.5 Å². The van der Waals surface area contributed by atoms with Crippen LogP contribution in [0.3, 0.4) is 0 Å². The molecule has 166 valence electrons. The highest BCUT2D eigenvalue weighted by atomic mass is 16.5. The highest BCUT2D eigenvalue weighted by Crippen LogP contribution is 2.19. The van der Waals surface area contributed by atoms with Crippen molar-refractivity contribution in [2.24, 2.45) is 5.92 Å². The number of fused-ring (bicyclic) bond motifs is 1. The van der Waals surface area contributed by atoms with Crippen LogP contribution in [-0.2, 0) is 30.3 Å². The summed E-state index contributed by atoms with van der Waals surface area (Å²) >= 11 is 0. The zero-order valence-corrected chi connectivity index (χ0v) is 18.3. The molecule has 2 rings (SSSR count). The second kappa shape index (κ2) is 11.1. The molecule has 0 fully saturated rings. The van der Waals surface area contributed by atoms with Gasteiger partial charge in [-0.3, -0.25) is 14.4 Å². The Morgan fingerprint density at radius 3 is 2.35 bits per heavy atom. The van der Waals surface area contributed by atoms with Gasteiger partial charge in [0.25, 0.3) is 5.91 Å². The molecule has 0 saturated heterocycles. The molecule has 0 bridgehead atoms. The fourth-order valence-corrected chi connectivity index (χ4v) is 3.06. The van der Waals surface area contributed by atoms with Gasteiger partial charge in [-0.25, -0.2) is 4.79 Å². The van der Waals surface area contributed by atoms with Crippen molar-refractivity contribution in [3.63, 3.8) is 0 Å². The molecule has 1 atom stereocenters. The van der Waals surface area contributed by atoms with Gasteiger partial charge >= 0.3 is 5.97 Å². The Kier molecular flexibility index (Phi) is 8.54. The van der Waals surface area contributed by atoms with Gasteiger partial charge in [0, 0.05) is 14.1 Å². The minimum absolute atomic E-state index is 0.117. The normalized spacial score (nSPS) is 11.6. The molecule has 2 N–H and O–H groups in total. The fraction of sp³-hybridized carbons (Fsp3) is 0.391. The molecule has 0 spiro atoms. The average Bonchev–Trinajstić information content (AvgIpc) is 2.75. The molecular formula is C23H29N3O5. The van der Waals surface area contributed by atoms with Gasteiger partial charge in [0.2, 0.25) is 11.8 Å². The maximum atomic E-state index is 12.6. The first-order valence-electron chi connectivity index (χ1n) is 10.1. The van der Waals surface area contributed by atoms with Crippen LogP contribution in [0.5, 0.6) is 0 Å². The van der Waals surface area contributed by atoms with Crippen LogP contribution in [0.15, 0.2) is 42.5 Å². The third-order valence-electron chi connectivity index (χ3n) is 4.89. The molecule has 3 amide bonds. The quantitative estimate of drug-likeness (QED) is 0.587. The maximum absolute atomic E-state index is 12.6. The van der Waals surface area contributed by atoms with E-state index < -0.39 is 24.5 Å². The third-order valence-corrected chi connectivity index (χ3v) is 4.89. The number of hydrogen-bond donors (Lipinski definition) is 2. The maximum Gasteiger partial charge on any atom is 0.329 e. The summed E-state index contributed by atoms with van der Waals surface area (Å²) in [5.74, 6) is -2.08. The Morgan fingerprint density at radius 1 is 1.00 bits per heavy atom. The highest BCUT2D eigenvalue weighted by Gasteiger charge is 2.27. The summed E-state index contributed by atoms with van der Waals surface area (Å²) in [7, 11) is 2.91. The van der Waals surface area contributed by atoms with E-state index >= 15 is 0 Å². The summed E-state index contributed by atoms with van der Waals surface area (Å²) in [4.78, 5) is 49.7. The molecule has 0 aliphatic carbocycles. The van der Waals surface area contributed by atoms with Crippen LogP contribution in [0.2, 0.25) is 0 Å².